The molecule has 122 valence electrons. The van der Waals surface area contributed by atoms with Crippen molar-refractivity contribution in [3.8, 4) is 0 Å². The predicted octanol–water partition coefficient (Wildman–Crippen LogP) is 3.05. The van der Waals surface area contributed by atoms with Gasteiger partial charge in [0.1, 0.15) is 5.25 Å². The molecule has 1 amide bonds. The van der Waals surface area contributed by atoms with Crippen LogP contribution in [-0.4, -0.2) is 25.8 Å². The van der Waals surface area contributed by atoms with Gasteiger partial charge in [-0.2, -0.15) is 0 Å². The number of nitrogens with one attached hydrogen (secondary N) is 1. The van der Waals surface area contributed by atoms with Crippen LogP contribution in [0.25, 0.3) is 0 Å². The molecule has 0 aliphatic heterocycles. The molecule has 0 radical (unpaired) electrons. The summed E-state index contributed by atoms with van der Waals surface area (Å²) in [6.45, 7) is 1.43. The molecule has 0 aromatic heterocycles. The third kappa shape index (κ3) is 3.82. The summed E-state index contributed by atoms with van der Waals surface area (Å²) >= 11 is 5.95. The molecule has 1 atom stereocenters. The topological polar surface area (TPSA) is 63.2 Å². The van der Waals surface area contributed by atoms with Crippen LogP contribution in [0.2, 0.25) is 5.02 Å². The number of hydrogen-bond donors (Lipinski definition) is 1. The summed E-state index contributed by atoms with van der Waals surface area (Å²) in [6, 6.07) is 7.44. The molecule has 2 rings (SSSR count). The highest BCUT2D eigenvalue weighted by atomic mass is 35.5. The van der Waals surface area contributed by atoms with Crippen LogP contribution in [0.3, 0.4) is 0 Å². The fraction of sp³-hybridized carbons (Fsp3) is 0.562. The minimum absolute atomic E-state index is 0.431. The quantitative estimate of drug-likeness (QED) is 0.913. The van der Waals surface area contributed by atoms with Crippen molar-refractivity contribution >= 4 is 27.3 Å². The van der Waals surface area contributed by atoms with Gasteiger partial charge >= 0.3 is 0 Å². The van der Waals surface area contributed by atoms with Gasteiger partial charge < -0.3 is 5.32 Å². The van der Waals surface area contributed by atoms with Crippen molar-refractivity contribution in [1.82, 2.24) is 5.32 Å². The SMILES string of the molecule is CC(C(=O)NC1(c2ccc(Cl)cc2)CCCCC1)S(C)(=O)=O. The van der Waals surface area contributed by atoms with E-state index in [1.807, 2.05) is 12.1 Å². The highest BCUT2D eigenvalue weighted by molar-refractivity contribution is 7.92. The fourth-order valence-corrected chi connectivity index (χ4v) is 3.52. The highest BCUT2D eigenvalue weighted by Crippen LogP contribution is 2.37. The second-order valence-electron chi connectivity index (χ2n) is 6.11. The minimum Gasteiger partial charge on any atom is -0.345 e. The Bertz CT molecular complexity index is 634. The second kappa shape index (κ2) is 6.59. The average Bonchev–Trinajstić information content (AvgIpc) is 2.47. The molecule has 0 heterocycles. The number of halogens is 1. The van der Waals surface area contributed by atoms with Crippen LogP contribution in [0.4, 0.5) is 0 Å². The van der Waals surface area contributed by atoms with E-state index >= 15 is 0 Å². The Labute approximate surface area is 137 Å². The van der Waals surface area contributed by atoms with Crippen molar-refractivity contribution in [2.75, 3.05) is 6.26 Å². The molecule has 0 spiro atoms. The summed E-state index contributed by atoms with van der Waals surface area (Å²) in [5.74, 6) is -0.431. The van der Waals surface area contributed by atoms with E-state index in [9.17, 15) is 13.2 Å². The summed E-state index contributed by atoms with van der Waals surface area (Å²) in [6.07, 6.45) is 5.87. The third-order valence-corrected chi connectivity index (χ3v) is 6.23. The van der Waals surface area contributed by atoms with Gasteiger partial charge in [-0.3, -0.25) is 4.79 Å². The van der Waals surface area contributed by atoms with Crippen molar-refractivity contribution in [3.05, 3.63) is 34.9 Å². The maximum absolute atomic E-state index is 12.4. The van der Waals surface area contributed by atoms with Gasteiger partial charge in [-0.25, -0.2) is 8.42 Å². The lowest BCUT2D eigenvalue weighted by atomic mass is 9.76. The molecule has 1 aromatic rings. The van der Waals surface area contributed by atoms with E-state index in [0.29, 0.717) is 5.02 Å². The van der Waals surface area contributed by atoms with Gasteiger partial charge in [-0.15, -0.1) is 0 Å². The van der Waals surface area contributed by atoms with E-state index in [0.717, 1.165) is 43.9 Å². The monoisotopic (exact) mass is 343 g/mol. The van der Waals surface area contributed by atoms with E-state index in [2.05, 4.69) is 5.32 Å². The van der Waals surface area contributed by atoms with Gasteiger partial charge in [0.2, 0.25) is 5.91 Å². The van der Waals surface area contributed by atoms with Crippen LogP contribution in [0.5, 0.6) is 0 Å². The minimum atomic E-state index is -3.40. The Morgan fingerprint density at radius 1 is 1.18 bits per heavy atom. The van der Waals surface area contributed by atoms with Crippen molar-refractivity contribution < 1.29 is 13.2 Å². The van der Waals surface area contributed by atoms with Gasteiger partial charge in [-0.05, 0) is 37.5 Å². The average molecular weight is 344 g/mol. The Morgan fingerprint density at radius 3 is 2.23 bits per heavy atom. The zero-order valence-corrected chi connectivity index (χ0v) is 14.5. The molecule has 1 fully saturated rings. The molecule has 1 aromatic carbocycles. The van der Waals surface area contributed by atoms with Crippen LogP contribution < -0.4 is 5.32 Å². The number of hydrogen-bond acceptors (Lipinski definition) is 3. The Kier molecular flexibility index (Phi) is 5.17. The molecule has 1 aliphatic rings. The maximum atomic E-state index is 12.4. The van der Waals surface area contributed by atoms with Crippen molar-refractivity contribution in [2.24, 2.45) is 0 Å². The van der Waals surface area contributed by atoms with Crippen LogP contribution in [0.1, 0.15) is 44.6 Å². The smallest absolute Gasteiger partial charge is 0.238 e. The van der Waals surface area contributed by atoms with E-state index in [1.165, 1.54) is 6.92 Å². The Hall–Kier alpha value is -1.07. The largest absolute Gasteiger partial charge is 0.345 e. The lowest BCUT2D eigenvalue weighted by Gasteiger charge is -2.39. The van der Waals surface area contributed by atoms with Gasteiger partial charge in [0.15, 0.2) is 9.84 Å². The molecule has 0 bridgehead atoms. The number of carbonyl (C=O) groups is 1. The Balaban J connectivity index is 2.30. The predicted molar refractivity (Wildman–Crippen MR) is 88.7 cm³/mol. The number of rotatable bonds is 4. The number of benzene rings is 1. The normalized spacial score (nSPS) is 19.4. The highest BCUT2D eigenvalue weighted by Gasteiger charge is 2.37. The number of amides is 1. The zero-order chi connectivity index (χ0) is 16.4. The molecule has 1 unspecified atom stereocenters. The molecule has 1 saturated carbocycles. The first-order valence-electron chi connectivity index (χ1n) is 7.51. The number of carbonyl (C=O) groups excluding carboxylic acids is 1. The van der Waals surface area contributed by atoms with Crippen LogP contribution in [0, 0.1) is 0 Å². The summed E-state index contributed by atoms with van der Waals surface area (Å²) in [5, 5.41) is 2.61. The molecule has 0 saturated heterocycles. The van der Waals surface area contributed by atoms with Gasteiger partial charge in [0.05, 0.1) is 5.54 Å². The molecular weight excluding hydrogens is 322 g/mol. The van der Waals surface area contributed by atoms with Crippen LogP contribution >= 0.6 is 11.6 Å². The molecule has 22 heavy (non-hydrogen) atoms. The number of sulfone groups is 1. The molecule has 6 heteroatoms. The third-order valence-electron chi connectivity index (χ3n) is 4.48. The maximum Gasteiger partial charge on any atom is 0.238 e. The van der Waals surface area contributed by atoms with Crippen molar-refractivity contribution in [3.63, 3.8) is 0 Å². The summed E-state index contributed by atoms with van der Waals surface area (Å²) < 4.78 is 23.2. The molecular formula is C16H22ClNO3S. The zero-order valence-electron chi connectivity index (χ0n) is 12.9. The fourth-order valence-electron chi connectivity index (χ4n) is 2.94. The van der Waals surface area contributed by atoms with Gasteiger partial charge in [0, 0.05) is 11.3 Å². The van der Waals surface area contributed by atoms with Gasteiger partial charge in [-0.1, -0.05) is 43.0 Å². The standard InChI is InChI=1S/C16H22ClNO3S/c1-12(22(2,20)21)15(19)18-16(10-4-3-5-11-16)13-6-8-14(17)9-7-13/h6-9,12H,3-5,10-11H2,1-2H3,(H,18,19). The lowest BCUT2D eigenvalue weighted by Crippen LogP contribution is -2.51. The molecule has 4 nitrogen and oxygen atoms in total. The van der Waals surface area contributed by atoms with Crippen LogP contribution in [0.15, 0.2) is 24.3 Å². The van der Waals surface area contributed by atoms with E-state index < -0.39 is 26.5 Å². The van der Waals surface area contributed by atoms with Crippen LogP contribution in [-0.2, 0) is 20.2 Å². The first-order chi connectivity index (χ1) is 10.2. The molecule has 1 N–H and O–H groups in total. The van der Waals surface area contributed by atoms with E-state index in [1.54, 1.807) is 12.1 Å². The Morgan fingerprint density at radius 2 is 1.73 bits per heavy atom. The van der Waals surface area contributed by atoms with Gasteiger partial charge in [0.25, 0.3) is 0 Å². The first-order valence-corrected chi connectivity index (χ1v) is 9.85. The summed E-state index contributed by atoms with van der Waals surface area (Å²) in [5.41, 5.74) is 0.504. The second-order valence-corrected chi connectivity index (χ2v) is 8.91. The van der Waals surface area contributed by atoms with E-state index in [-0.39, 0.29) is 0 Å². The first kappa shape index (κ1) is 17.3. The summed E-state index contributed by atoms with van der Waals surface area (Å²) in [7, 11) is -3.40. The van der Waals surface area contributed by atoms with E-state index in [4.69, 9.17) is 11.6 Å². The van der Waals surface area contributed by atoms with Crippen molar-refractivity contribution in [2.45, 2.75) is 49.8 Å². The van der Waals surface area contributed by atoms with Crippen molar-refractivity contribution in [1.29, 1.82) is 0 Å². The molecule has 1 aliphatic carbocycles. The lowest BCUT2D eigenvalue weighted by molar-refractivity contribution is -0.123. The summed E-state index contributed by atoms with van der Waals surface area (Å²) in [4.78, 5) is 12.4.